The third-order valence-corrected chi connectivity index (χ3v) is 7.14. The molecule has 1 aromatic carbocycles. The van der Waals surface area contributed by atoms with Gasteiger partial charge in [0.05, 0.1) is 21.4 Å². The molecule has 2 aromatic rings. The first-order valence-electron chi connectivity index (χ1n) is 10.3. The predicted molar refractivity (Wildman–Crippen MR) is 120 cm³/mol. The first-order valence-corrected chi connectivity index (χ1v) is 11.5. The van der Waals surface area contributed by atoms with Gasteiger partial charge in [-0.05, 0) is 37.1 Å². The number of cyclic esters (lactones) is 1. The Balaban J connectivity index is 1.29. The Morgan fingerprint density at radius 1 is 1.32 bits per heavy atom. The lowest BCUT2D eigenvalue weighted by molar-refractivity contribution is 0.0890. The fourth-order valence-corrected chi connectivity index (χ4v) is 5.31. The van der Waals surface area contributed by atoms with E-state index in [9.17, 15) is 9.59 Å². The van der Waals surface area contributed by atoms with Crippen LogP contribution < -0.4 is 25.6 Å². The molecule has 3 aliphatic heterocycles. The number of anilines is 2. The van der Waals surface area contributed by atoms with Crippen LogP contribution in [0.15, 0.2) is 30.3 Å². The van der Waals surface area contributed by atoms with E-state index >= 15 is 0 Å². The summed E-state index contributed by atoms with van der Waals surface area (Å²) in [7, 11) is 0. The number of nitrogens with two attached hydrogens (primary N) is 1. The van der Waals surface area contributed by atoms with E-state index in [2.05, 4.69) is 10.2 Å². The van der Waals surface area contributed by atoms with E-state index in [-0.39, 0.29) is 24.5 Å². The number of benzene rings is 1. The van der Waals surface area contributed by atoms with Gasteiger partial charge in [-0.25, -0.2) is 4.79 Å². The quantitative estimate of drug-likeness (QED) is 0.725. The number of thiophene rings is 1. The average Bonchev–Trinajstić information content (AvgIpc) is 3.35. The van der Waals surface area contributed by atoms with Crippen LogP contribution >= 0.6 is 22.9 Å². The van der Waals surface area contributed by atoms with Crippen LogP contribution in [0.3, 0.4) is 0 Å². The molecule has 2 saturated heterocycles. The van der Waals surface area contributed by atoms with Gasteiger partial charge >= 0.3 is 6.09 Å². The van der Waals surface area contributed by atoms with Gasteiger partial charge in [0.1, 0.15) is 24.5 Å². The van der Waals surface area contributed by atoms with Gasteiger partial charge in [0.15, 0.2) is 0 Å². The summed E-state index contributed by atoms with van der Waals surface area (Å²) in [5.74, 6) is 0.413. The Bertz CT molecular complexity index is 1020. The zero-order valence-corrected chi connectivity index (χ0v) is 18.3. The van der Waals surface area contributed by atoms with E-state index in [1.54, 1.807) is 17.0 Å². The molecule has 8 nitrogen and oxygen atoms in total. The minimum Gasteiger partial charge on any atom is -0.489 e. The first kappa shape index (κ1) is 20.4. The lowest BCUT2D eigenvalue weighted by Gasteiger charge is -2.35. The molecule has 0 radical (unpaired) electrons. The molecule has 3 aliphatic rings. The summed E-state index contributed by atoms with van der Waals surface area (Å²) < 4.78 is 12.1. The van der Waals surface area contributed by atoms with Crippen molar-refractivity contribution in [2.45, 2.75) is 31.0 Å². The Kier molecular flexibility index (Phi) is 5.41. The number of rotatable bonds is 4. The summed E-state index contributed by atoms with van der Waals surface area (Å²) >= 11 is 7.10. The molecule has 164 valence electrons. The highest BCUT2D eigenvalue weighted by Gasteiger charge is 2.46. The molecule has 0 aliphatic carbocycles. The zero-order valence-electron chi connectivity index (χ0n) is 16.8. The van der Waals surface area contributed by atoms with Crippen LogP contribution in [0.1, 0.15) is 22.5 Å². The molecular formula is C21H23ClN4O4S. The maximum Gasteiger partial charge on any atom is 0.415 e. The molecule has 0 spiro atoms. The van der Waals surface area contributed by atoms with E-state index in [1.165, 1.54) is 11.3 Å². The van der Waals surface area contributed by atoms with Crippen molar-refractivity contribution < 1.29 is 19.1 Å². The van der Waals surface area contributed by atoms with Crippen LogP contribution in [0.25, 0.3) is 0 Å². The number of piperidine rings is 1. The summed E-state index contributed by atoms with van der Waals surface area (Å²) in [6, 6.07) is 9.06. The number of halogens is 1. The average molecular weight is 463 g/mol. The van der Waals surface area contributed by atoms with Crippen LogP contribution in [0.4, 0.5) is 16.2 Å². The second kappa shape index (κ2) is 8.22. The molecule has 1 aromatic heterocycles. The number of carbonyl (C=O) groups excluding carboxylic acids is 2. The number of ether oxygens (including phenoxy) is 2. The van der Waals surface area contributed by atoms with E-state index in [0.717, 1.165) is 31.6 Å². The largest absolute Gasteiger partial charge is 0.489 e. The van der Waals surface area contributed by atoms with Gasteiger partial charge < -0.3 is 25.4 Å². The Morgan fingerprint density at radius 3 is 2.97 bits per heavy atom. The van der Waals surface area contributed by atoms with Crippen molar-refractivity contribution in [3.05, 3.63) is 39.5 Å². The standard InChI is InChI=1S/C21H23ClN4O4S/c22-19-6-5-18(31-19)20(27)24-9-17-15-11-29-16-8-13(25-7-1-2-12(23)10-25)3-4-14(16)26(15)21(28)30-17/h3-6,8,12,15,17H,1-2,7,9-11,23H2,(H,24,27)/t12-,15+,17+/m1/s1. The van der Waals surface area contributed by atoms with Crippen molar-refractivity contribution in [3.63, 3.8) is 0 Å². The summed E-state index contributed by atoms with van der Waals surface area (Å²) in [4.78, 5) is 29.3. The Hall–Kier alpha value is -2.49. The van der Waals surface area contributed by atoms with Gasteiger partial charge in [-0.3, -0.25) is 9.69 Å². The fourth-order valence-electron chi connectivity index (χ4n) is 4.35. The van der Waals surface area contributed by atoms with Crippen molar-refractivity contribution in [2.24, 2.45) is 5.73 Å². The molecule has 3 atom stereocenters. The molecule has 5 rings (SSSR count). The highest BCUT2D eigenvalue weighted by atomic mass is 35.5. The number of carbonyl (C=O) groups is 2. The smallest absolute Gasteiger partial charge is 0.415 e. The molecule has 31 heavy (non-hydrogen) atoms. The van der Waals surface area contributed by atoms with Gasteiger partial charge in [-0.2, -0.15) is 0 Å². The van der Waals surface area contributed by atoms with Crippen molar-refractivity contribution in [2.75, 3.05) is 36.0 Å². The highest BCUT2D eigenvalue weighted by Crippen LogP contribution is 2.41. The van der Waals surface area contributed by atoms with E-state index in [0.29, 0.717) is 27.3 Å². The Labute approximate surface area is 188 Å². The number of nitrogens with zero attached hydrogens (tertiary/aromatic N) is 2. The van der Waals surface area contributed by atoms with Crippen molar-refractivity contribution >= 4 is 46.3 Å². The van der Waals surface area contributed by atoms with Gasteiger partial charge in [-0.15, -0.1) is 11.3 Å². The lowest BCUT2D eigenvalue weighted by atomic mass is 10.0. The minimum atomic E-state index is -0.500. The molecule has 4 heterocycles. The maximum atomic E-state index is 12.6. The Morgan fingerprint density at radius 2 is 2.19 bits per heavy atom. The van der Waals surface area contributed by atoms with Gasteiger partial charge in [-0.1, -0.05) is 11.6 Å². The summed E-state index contributed by atoms with van der Waals surface area (Å²) in [5, 5.41) is 2.82. The van der Waals surface area contributed by atoms with Crippen LogP contribution in [0.2, 0.25) is 4.34 Å². The molecule has 0 saturated carbocycles. The molecule has 0 unspecified atom stereocenters. The molecule has 0 bridgehead atoms. The third kappa shape index (κ3) is 3.93. The van der Waals surface area contributed by atoms with Crippen molar-refractivity contribution in [1.29, 1.82) is 0 Å². The number of fused-ring (bicyclic) bond motifs is 3. The number of hydrogen-bond acceptors (Lipinski definition) is 7. The van der Waals surface area contributed by atoms with Gasteiger partial charge in [0, 0.05) is 30.9 Å². The second-order valence-corrected chi connectivity index (χ2v) is 9.70. The van der Waals surface area contributed by atoms with Crippen molar-refractivity contribution in [1.82, 2.24) is 5.32 Å². The second-order valence-electron chi connectivity index (χ2n) is 7.98. The lowest BCUT2D eigenvalue weighted by Crippen LogP contribution is -2.48. The molecule has 10 heteroatoms. The van der Waals surface area contributed by atoms with Crippen molar-refractivity contribution in [3.8, 4) is 5.75 Å². The van der Waals surface area contributed by atoms with E-state index in [1.807, 2.05) is 18.2 Å². The molecule has 3 N–H and O–H groups in total. The zero-order chi connectivity index (χ0) is 21.5. The fraction of sp³-hybridized carbons (Fsp3) is 0.429. The third-order valence-electron chi connectivity index (χ3n) is 5.91. The SMILES string of the molecule is N[C@@H]1CCCN(c2ccc3c(c2)OC[C@H]2[C@H](CNC(=O)c4ccc(Cl)s4)OC(=O)N32)C1. The summed E-state index contributed by atoms with van der Waals surface area (Å²) in [6.07, 6.45) is 1.17. The monoisotopic (exact) mass is 462 g/mol. The predicted octanol–water partition coefficient (Wildman–Crippen LogP) is 2.85. The van der Waals surface area contributed by atoms with E-state index in [4.69, 9.17) is 26.8 Å². The van der Waals surface area contributed by atoms with Crippen LogP contribution in [-0.2, 0) is 4.74 Å². The molecular weight excluding hydrogens is 440 g/mol. The van der Waals surface area contributed by atoms with Gasteiger partial charge in [0.25, 0.3) is 5.91 Å². The maximum absolute atomic E-state index is 12.6. The normalized spacial score (nSPS) is 24.8. The summed E-state index contributed by atoms with van der Waals surface area (Å²) in [5.41, 5.74) is 7.84. The molecule has 2 fully saturated rings. The number of nitrogens with one attached hydrogen (secondary N) is 1. The number of amides is 2. The van der Waals surface area contributed by atoms with E-state index < -0.39 is 12.2 Å². The number of hydrogen-bond donors (Lipinski definition) is 2. The van der Waals surface area contributed by atoms with Crippen LogP contribution in [0, 0.1) is 0 Å². The molecule has 2 amide bonds. The first-order chi connectivity index (χ1) is 15.0. The highest BCUT2D eigenvalue weighted by molar-refractivity contribution is 7.18. The topological polar surface area (TPSA) is 97.1 Å². The van der Waals surface area contributed by atoms with Crippen LogP contribution in [-0.4, -0.2) is 56.4 Å². The summed E-state index contributed by atoms with van der Waals surface area (Å²) in [6.45, 7) is 2.26. The van der Waals surface area contributed by atoms with Crippen LogP contribution in [0.5, 0.6) is 5.75 Å². The minimum absolute atomic E-state index is 0.171. The van der Waals surface area contributed by atoms with Gasteiger partial charge in [0.2, 0.25) is 0 Å².